The molecule has 0 aliphatic carbocycles. The smallest absolute Gasteiger partial charge is 0.332 e. The summed E-state index contributed by atoms with van der Waals surface area (Å²) in [6.45, 7) is 4.22. The number of nitrogens with zero attached hydrogens (tertiary/aromatic N) is 3. The molecular formula is C19H22FN5O4S. The first-order chi connectivity index (χ1) is 14.1. The molecule has 0 fully saturated rings. The van der Waals surface area contributed by atoms with Crippen molar-refractivity contribution in [2.45, 2.75) is 24.4 Å². The molecule has 4 N–H and O–H groups in total. The summed E-state index contributed by atoms with van der Waals surface area (Å²) in [7, 11) is -4.72. The highest BCUT2D eigenvalue weighted by atomic mass is 32.3. The standard InChI is InChI=1S/C19H22FN5O4S/c1-19(2)24-17(21)23-18(22)25(19)13-3-5-14(6-4-13)28-11-12-29-15-7-9-16(10-8-15)30(20,26)27/h3-10H,11-12H2,1-2H3,(H4,21,22,23,24). The van der Waals surface area contributed by atoms with Crippen molar-refractivity contribution in [3.8, 4) is 11.5 Å². The van der Waals surface area contributed by atoms with Crippen molar-refractivity contribution in [1.29, 1.82) is 0 Å². The molecule has 2 aromatic rings. The second-order valence-corrected chi connectivity index (χ2v) is 8.22. The Labute approximate surface area is 174 Å². The van der Waals surface area contributed by atoms with Gasteiger partial charge in [0.05, 0.1) is 4.90 Å². The number of anilines is 1. The van der Waals surface area contributed by atoms with Gasteiger partial charge in [-0.2, -0.15) is 13.4 Å². The largest absolute Gasteiger partial charge is 0.490 e. The lowest BCUT2D eigenvalue weighted by Crippen LogP contribution is -2.54. The van der Waals surface area contributed by atoms with Crippen LogP contribution in [0, 0.1) is 0 Å². The van der Waals surface area contributed by atoms with Gasteiger partial charge < -0.3 is 20.9 Å². The zero-order valence-electron chi connectivity index (χ0n) is 16.4. The van der Waals surface area contributed by atoms with E-state index in [1.54, 1.807) is 17.0 Å². The molecule has 1 heterocycles. The molecule has 1 aliphatic heterocycles. The fourth-order valence-corrected chi connectivity index (χ4v) is 3.42. The maximum atomic E-state index is 12.9. The summed E-state index contributed by atoms with van der Waals surface area (Å²) >= 11 is 0. The minimum absolute atomic E-state index is 0.134. The lowest BCUT2D eigenvalue weighted by Gasteiger charge is -2.38. The predicted molar refractivity (Wildman–Crippen MR) is 112 cm³/mol. The maximum Gasteiger partial charge on any atom is 0.332 e. The quantitative estimate of drug-likeness (QED) is 0.502. The van der Waals surface area contributed by atoms with Gasteiger partial charge in [0, 0.05) is 5.69 Å². The molecule has 2 aromatic carbocycles. The van der Waals surface area contributed by atoms with E-state index in [9.17, 15) is 12.3 Å². The maximum absolute atomic E-state index is 12.9. The first kappa shape index (κ1) is 21.4. The van der Waals surface area contributed by atoms with E-state index in [1.807, 2.05) is 26.0 Å². The summed E-state index contributed by atoms with van der Waals surface area (Å²) in [4.78, 5) is 9.66. The van der Waals surface area contributed by atoms with Crippen LogP contribution in [-0.4, -0.2) is 39.2 Å². The molecule has 0 radical (unpaired) electrons. The summed E-state index contributed by atoms with van der Waals surface area (Å²) in [6.07, 6.45) is 0. The predicted octanol–water partition coefficient (Wildman–Crippen LogP) is 1.99. The Morgan fingerprint density at radius 1 is 0.967 bits per heavy atom. The average Bonchev–Trinajstić information content (AvgIpc) is 2.64. The van der Waals surface area contributed by atoms with Crippen LogP contribution >= 0.6 is 0 Å². The molecule has 0 bridgehead atoms. The third-order valence-corrected chi connectivity index (χ3v) is 5.05. The van der Waals surface area contributed by atoms with Gasteiger partial charge in [0.15, 0.2) is 0 Å². The van der Waals surface area contributed by atoms with Crippen molar-refractivity contribution in [3.63, 3.8) is 0 Å². The molecule has 0 saturated carbocycles. The minimum Gasteiger partial charge on any atom is -0.490 e. The number of ether oxygens (including phenoxy) is 2. The van der Waals surface area contributed by atoms with Crippen LogP contribution in [0.3, 0.4) is 0 Å². The number of guanidine groups is 2. The molecule has 9 nitrogen and oxygen atoms in total. The van der Waals surface area contributed by atoms with Gasteiger partial charge in [0.25, 0.3) is 0 Å². The van der Waals surface area contributed by atoms with Gasteiger partial charge in [-0.05, 0) is 62.4 Å². The van der Waals surface area contributed by atoms with Crippen LogP contribution in [0.1, 0.15) is 13.8 Å². The van der Waals surface area contributed by atoms with Crippen LogP contribution in [0.15, 0.2) is 63.4 Å². The van der Waals surface area contributed by atoms with Crippen molar-refractivity contribution < 1.29 is 21.8 Å². The fourth-order valence-electron chi connectivity index (χ4n) is 2.96. The van der Waals surface area contributed by atoms with E-state index in [0.717, 1.165) is 17.8 Å². The summed E-state index contributed by atoms with van der Waals surface area (Å²) in [5.41, 5.74) is 11.8. The Bertz CT molecular complexity index is 1070. The van der Waals surface area contributed by atoms with Crippen molar-refractivity contribution in [1.82, 2.24) is 0 Å². The van der Waals surface area contributed by atoms with E-state index in [4.69, 9.17) is 20.9 Å². The summed E-state index contributed by atoms with van der Waals surface area (Å²) in [5, 5.41) is 0. The number of nitrogens with two attached hydrogens (primary N) is 2. The zero-order chi connectivity index (χ0) is 21.9. The molecule has 0 saturated heterocycles. The third kappa shape index (κ3) is 4.98. The molecule has 0 spiro atoms. The van der Waals surface area contributed by atoms with Gasteiger partial charge >= 0.3 is 10.2 Å². The van der Waals surface area contributed by atoms with Crippen molar-refractivity contribution in [2.75, 3.05) is 18.1 Å². The van der Waals surface area contributed by atoms with Crippen LogP contribution in [0.4, 0.5) is 9.57 Å². The minimum atomic E-state index is -4.72. The van der Waals surface area contributed by atoms with E-state index < -0.39 is 20.8 Å². The fraction of sp³-hybridized carbons (Fsp3) is 0.263. The molecule has 0 unspecified atom stereocenters. The first-order valence-corrected chi connectivity index (χ1v) is 10.3. The van der Waals surface area contributed by atoms with E-state index in [-0.39, 0.29) is 25.1 Å². The Morgan fingerprint density at radius 2 is 1.47 bits per heavy atom. The van der Waals surface area contributed by atoms with Crippen LogP contribution in [-0.2, 0) is 10.2 Å². The molecular weight excluding hydrogens is 413 g/mol. The molecule has 0 aromatic heterocycles. The summed E-state index contributed by atoms with van der Waals surface area (Å²) in [5.74, 6) is 1.41. The van der Waals surface area contributed by atoms with E-state index in [2.05, 4.69) is 9.98 Å². The van der Waals surface area contributed by atoms with Gasteiger partial charge in [0.1, 0.15) is 30.4 Å². The highest BCUT2D eigenvalue weighted by Crippen LogP contribution is 2.28. The van der Waals surface area contributed by atoms with Gasteiger partial charge in [-0.1, -0.05) is 0 Å². The van der Waals surface area contributed by atoms with E-state index in [0.29, 0.717) is 11.5 Å². The molecule has 160 valence electrons. The number of halogens is 1. The monoisotopic (exact) mass is 435 g/mol. The Morgan fingerprint density at radius 3 is 1.93 bits per heavy atom. The molecule has 11 heteroatoms. The van der Waals surface area contributed by atoms with Gasteiger partial charge in [-0.25, -0.2) is 4.99 Å². The SMILES string of the molecule is CC1(C)N=C(N)N=C(N)N1c1ccc(OCCOc2ccc(S(=O)(=O)F)cc2)cc1. The molecule has 1 aliphatic rings. The topological polar surface area (TPSA) is 133 Å². The van der Waals surface area contributed by atoms with E-state index >= 15 is 0 Å². The highest BCUT2D eigenvalue weighted by molar-refractivity contribution is 7.86. The first-order valence-electron chi connectivity index (χ1n) is 8.96. The summed E-state index contributed by atoms with van der Waals surface area (Å²) < 4.78 is 45.5. The second kappa shape index (κ2) is 8.19. The highest BCUT2D eigenvalue weighted by Gasteiger charge is 2.32. The third-order valence-electron chi connectivity index (χ3n) is 4.21. The van der Waals surface area contributed by atoms with Crippen LogP contribution in [0.25, 0.3) is 0 Å². The van der Waals surface area contributed by atoms with Gasteiger partial charge in [0.2, 0.25) is 11.9 Å². The Balaban J connectivity index is 1.54. The number of aliphatic imine (C=N–C) groups is 2. The van der Waals surface area contributed by atoms with Gasteiger partial charge in [-0.15, -0.1) is 3.89 Å². The van der Waals surface area contributed by atoms with Crippen LogP contribution < -0.4 is 25.8 Å². The molecule has 3 rings (SSSR count). The lowest BCUT2D eigenvalue weighted by atomic mass is 10.1. The number of benzene rings is 2. The van der Waals surface area contributed by atoms with Gasteiger partial charge in [-0.3, -0.25) is 4.90 Å². The number of hydrogen-bond acceptors (Lipinski definition) is 9. The van der Waals surface area contributed by atoms with Crippen LogP contribution in [0.2, 0.25) is 0 Å². The average molecular weight is 435 g/mol. The number of hydrogen-bond donors (Lipinski definition) is 2. The zero-order valence-corrected chi connectivity index (χ0v) is 17.3. The van der Waals surface area contributed by atoms with E-state index in [1.165, 1.54) is 12.1 Å². The molecule has 30 heavy (non-hydrogen) atoms. The number of rotatable bonds is 7. The van der Waals surface area contributed by atoms with Crippen molar-refractivity contribution in [3.05, 3.63) is 48.5 Å². The van der Waals surface area contributed by atoms with Crippen molar-refractivity contribution in [2.24, 2.45) is 21.5 Å². The molecule has 0 amide bonds. The molecule has 0 atom stereocenters. The van der Waals surface area contributed by atoms with Crippen LogP contribution in [0.5, 0.6) is 11.5 Å². The normalized spacial score (nSPS) is 15.9. The second-order valence-electron chi connectivity index (χ2n) is 6.87. The Kier molecular flexibility index (Phi) is 5.83. The summed E-state index contributed by atoms with van der Waals surface area (Å²) in [6, 6.07) is 12.2. The lowest BCUT2D eigenvalue weighted by molar-refractivity contribution is 0.217. The van der Waals surface area contributed by atoms with Crippen molar-refractivity contribution >= 4 is 27.8 Å². The Hall–Kier alpha value is -3.34.